The third-order valence-electron chi connectivity index (χ3n) is 2.88. The van der Waals surface area contributed by atoms with E-state index in [4.69, 9.17) is 23.2 Å². The SMILES string of the molecule is CC(C)(C)C(CCl)Cc1ccc(Cl)c(F)c1. The van der Waals surface area contributed by atoms with E-state index in [0.717, 1.165) is 12.0 Å². The zero-order chi connectivity index (χ0) is 12.3. The number of hydrogen-bond acceptors (Lipinski definition) is 0. The monoisotopic (exact) mass is 262 g/mol. The standard InChI is InChI=1S/C13H17Cl2F/c1-13(2,3)10(8-14)6-9-4-5-11(15)12(16)7-9/h4-5,7,10H,6,8H2,1-3H3. The van der Waals surface area contributed by atoms with E-state index in [2.05, 4.69) is 20.8 Å². The fourth-order valence-corrected chi connectivity index (χ4v) is 2.23. The maximum atomic E-state index is 13.3. The van der Waals surface area contributed by atoms with Crippen LogP contribution in [0.3, 0.4) is 0 Å². The second-order valence-corrected chi connectivity index (χ2v) is 5.89. The summed E-state index contributed by atoms with van der Waals surface area (Å²) in [5, 5.41) is 0.168. The fourth-order valence-electron chi connectivity index (χ4n) is 1.54. The highest BCUT2D eigenvalue weighted by atomic mass is 35.5. The minimum absolute atomic E-state index is 0.123. The van der Waals surface area contributed by atoms with E-state index < -0.39 is 0 Å². The van der Waals surface area contributed by atoms with Crippen LogP contribution < -0.4 is 0 Å². The molecule has 0 aromatic heterocycles. The van der Waals surface area contributed by atoms with Crippen molar-refractivity contribution >= 4 is 23.2 Å². The summed E-state index contributed by atoms with van der Waals surface area (Å²) >= 11 is 11.6. The number of benzene rings is 1. The second-order valence-electron chi connectivity index (χ2n) is 5.17. The van der Waals surface area contributed by atoms with Crippen molar-refractivity contribution in [3.63, 3.8) is 0 Å². The lowest BCUT2D eigenvalue weighted by Crippen LogP contribution is -2.24. The molecule has 0 amide bonds. The molecule has 16 heavy (non-hydrogen) atoms. The van der Waals surface area contributed by atoms with Gasteiger partial charge in [-0.15, -0.1) is 11.6 Å². The summed E-state index contributed by atoms with van der Waals surface area (Å²) in [6.45, 7) is 6.44. The van der Waals surface area contributed by atoms with E-state index in [0.29, 0.717) is 11.8 Å². The van der Waals surface area contributed by atoms with Gasteiger partial charge in [0, 0.05) is 5.88 Å². The summed E-state index contributed by atoms with van der Waals surface area (Å²) in [5.41, 5.74) is 1.07. The van der Waals surface area contributed by atoms with Gasteiger partial charge in [-0.2, -0.15) is 0 Å². The van der Waals surface area contributed by atoms with Crippen LogP contribution in [0.25, 0.3) is 0 Å². The highest BCUT2D eigenvalue weighted by molar-refractivity contribution is 6.30. The van der Waals surface area contributed by atoms with Crippen LogP contribution in [0.5, 0.6) is 0 Å². The Balaban J connectivity index is 2.83. The fraction of sp³-hybridized carbons (Fsp3) is 0.538. The van der Waals surface area contributed by atoms with Gasteiger partial charge in [-0.3, -0.25) is 0 Å². The molecule has 0 radical (unpaired) electrons. The second kappa shape index (κ2) is 5.37. The average Bonchev–Trinajstić information content (AvgIpc) is 2.18. The highest BCUT2D eigenvalue weighted by Gasteiger charge is 2.24. The molecule has 90 valence electrons. The summed E-state index contributed by atoms with van der Waals surface area (Å²) in [7, 11) is 0. The third-order valence-corrected chi connectivity index (χ3v) is 3.56. The molecule has 1 unspecified atom stereocenters. The van der Waals surface area contributed by atoms with Crippen LogP contribution in [0.2, 0.25) is 5.02 Å². The smallest absolute Gasteiger partial charge is 0.142 e. The van der Waals surface area contributed by atoms with Gasteiger partial charge in [-0.1, -0.05) is 38.4 Å². The van der Waals surface area contributed by atoms with Crippen LogP contribution in [0.15, 0.2) is 18.2 Å². The summed E-state index contributed by atoms with van der Waals surface area (Å²) < 4.78 is 13.3. The Hall–Kier alpha value is -0.270. The lowest BCUT2D eigenvalue weighted by atomic mass is 9.78. The molecule has 0 bridgehead atoms. The van der Waals surface area contributed by atoms with Crippen molar-refractivity contribution in [2.75, 3.05) is 5.88 Å². The zero-order valence-corrected chi connectivity index (χ0v) is 11.4. The van der Waals surface area contributed by atoms with Gasteiger partial charge >= 0.3 is 0 Å². The molecule has 0 saturated heterocycles. The maximum absolute atomic E-state index is 13.3. The normalized spacial score (nSPS) is 13.9. The first-order valence-electron chi connectivity index (χ1n) is 5.34. The minimum Gasteiger partial charge on any atom is -0.205 e. The predicted octanol–water partition coefficient (Wildman–Crippen LogP) is 4.92. The molecular formula is C13H17Cl2F. The Labute approximate surface area is 107 Å². The summed E-state index contributed by atoms with van der Waals surface area (Å²) in [6.07, 6.45) is 0.779. The van der Waals surface area contributed by atoms with Gasteiger partial charge < -0.3 is 0 Å². The van der Waals surface area contributed by atoms with Crippen LogP contribution in [0, 0.1) is 17.2 Å². The van der Waals surface area contributed by atoms with Crippen molar-refractivity contribution in [3.05, 3.63) is 34.6 Å². The van der Waals surface area contributed by atoms with Crippen molar-refractivity contribution in [3.8, 4) is 0 Å². The van der Waals surface area contributed by atoms with Crippen LogP contribution in [0.1, 0.15) is 26.3 Å². The van der Waals surface area contributed by atoms with Crippen molar-refractivity contribution in [2.45, 2.75) is 27.2 Å². The number of alkyl halides is 1. The Morgan fingerprint density at radius 3 is 2.38 bits per heavy atom. The highest BCUT2D eigenvalue weighted by Crippen LogP contribution is 2.30. The van der Waals surface area contributed by atoms with E-state index in [1.54, 1.807) is 6.07 Å². The lowest BCUT2D eigenvalue weighted by Gasteiger charge is -2.29. The molecule has 0 nitrogen and oxygen atoms in total. The summed E-state index contributed by atoms with van der Waals surface area (Å²) in [4.78, 5) is 0. The van der Waals surface area contributed by atoms with Crippen LogP contribution in [-0.2, 0) is 6.42 Å². The molecule has 1 rings (SSSR count). The van der Waals surface area contributed by atoms with Gasteiger partial charge in [0.1, 0.15) is 5.82 Å². The van der Waals surface area contributed by atoms with Gasteiger partial charge in [0.05, 0.1) is 5.02 Å². The molecular weight excluding hydrogens is 246 g/mol. The first-order chi connectivity index (χ1) is 7.34. The largest absolute Gasteiger partial charge is 0.205 e. The molecule has 0 fully saturated rings. The number of halogens is 3. The molecule has 1 aromatic rings. The minimum atomic E-state index is -0.360. The molecule has 3 heteroatoms. The van der Waals surface area contributed by atoms with E-state index in [9.17, 15) is 4.39 Å². The van der Waals surface area contributed by atoms with Crippen molar-refractivity contribution in [1.29, 1.82) is 0 Å². The van der Waals surface area contributed by atoms with Crippen LogP contribution in [0.4, 0.5) is 4.39 Å². The number of rotatable bonds is 3. The quantitative estimate of drug-likeness (QED) is 0.679. The van der Waals surface area contributed by atoms with E-state index in [-0.39, 0.29) is 16.3 Å². The topological polar surface area (TPSA) is 0 Å². The lowest BCUT2D eigenvalue weighted by molar-refractivity contribution is 0.263. The van der Waals surface area contributed by atoms with Gasteiger partial charge in [0.15, 0.2) is 0 Å². The molecule has 0 aliphatic rings. The Kier molecular flexibility index (Phi) is 4.63. The molecule has 0 aliphatic carbocycles. The predicted molar refractivity (Wildman–Crippen MR) is 68.8 cm³/mol. The Morgan fingerprint density at radius 1 is 1.31 bits per heavy atom. The molecule has 1 atom stereocenters. The summed E-state index contributed by atoms with van der Waals surface area (Å²) in [5.74, 6) is 0.546. The first kappa shape index (κ1) is 13.8. The molecule has 0 N–H and O–H groups in total. The van der Waals surface area contributed by atoms with Crippen molar-refractivity contribution < 1.29 is 4.39 Å². The average molecular weight is 263 g/mol. The Bertz CT molecular complexity index is 355. The molecule has 0 saturated carbocycles. The van der Waals surface area contributed by atoms with E-state index >= 15 is 0 Å². The van der Waals surface area contributed by atoms with Crippen LogP contribution >= 0.6 is 23.2 Å². The van der Waals surface area contributed by atoms with Crippen LogP contribution in [-0.4, -0.2) is 5.88 Å². The maximum Gasteiger partial charge on any atom is 0.142 e. The summed E-state index contributed by atoms with van der Waals surface area (Å²) in [6, 6.07) is 4.95. The molecule has 0 spiro atoms. The first-order valence-corrected chi connectivity index (χ1v) is 6.25. The van der Waals surface area contributed by atoms with Gasteiger partial charge in [0.25, 0.3) is 0 Å². The van der Waals surface area contributed by atoms with E-state index in [1.165, 1.54) is 6.07 Å². The molecule has 0 aliphatic heterocycles. The third kappa shape index (κ3) is 3.64. The van der Waals surface area contributed by atoms with Crippen molar-refractivity contribution in [2.24, 2.45) is 11.3 Å². The van der Waals surface area contributed by atoms with Gasteiger partial charge in [-0.25, -0.2) is 4.39 Å². The van der Waals surface area contributed by atoms with Crippen molar-refractivity contribution in [1.82, 2.24) is 0 Å². The van der Waals surface area contributed by atoms with E-state index in [1.807, 2.05) is 6.07 Å². The zero-order valence-electron chi connectivity index (χ0n) is 9.86. The number of hydrogen-bond donors (Lipinski definition) is 0. The Morgan fingerprint density at radius 2 is 1.94 bits per heavy atom. The van der Waals surface area contributed by atoms with Gasteiger partial charge in [-0.05, 0) is 35.4 Å². The molecule has 1 aromatic carbocycles. The molecule has 0 heterocycles. The van der Waals surface area contributed by atoms with Gasteiger partial charge in [0.2, 0.25) is 0 Å².